The van der Waals surface area contributed by atoms with Crippen LogP contribution in [0.4, 0.5) is 0 Å². The molecule has 0 aliphatic heterocycles. The summed E-state index contributed by atoms with van der Waals surface area (Å²) in [5, 5.41) is 6.31. The predicted octanol–water partition coefficient (Wildman–Crippen LogP) is 7.90. The van der Waals surface area contributed by atoms with E-state index in [1.165, 1.54) is 47.7 Å². The van der Waals surface area contributed by atoms with Gasteiger partial charge in [0.25, 0.3) is 0 Å². The number of hydrogen-bond donors (Lipinski definition) is 0. The van der Waals surface area contributed by atoms with Gasteiger partial charge in [-0.15, -0.1) is 11.3 Å². The first-order chi connectivity index (χ1) is 14.4. The number of benzene rings is 4. The van der Waals surface area contributed by atoms with Crippen LogP contribution < -0.4 is 0 Å². The molecule has 7 aromatic rings. The minimum Gasteiger partial charge on any atom is -0.464 e. The van der Waals surface area contributed by atoms with Crippen molar-refractivity contribution in [3.63, 3.8) is 0 Å². The molecule has 3 heterocycles. The Bertz CT molecular complexity index is 1710. The molecule has 3 aromatic heterocycles. The Kier molecular flexibility index (Phi) is 2.91. The third-order valence-electron chi connectivity index (χ3n) is 5.89. The molecule has 0 fully saturated rings. The summed E-state index contributed by atoms with van der Waals surface area (Å²) in [4.78, 5) is 0. The Hall–Kier alpha value is -3.56. The first-order valence-electron chi connectivity index (χ1n) is 9.70. The van der Waals surface area contributed by atoms with E-state index in [-0.39, 0.29) is 0 Å². The van der Waals surface area contributed by atoms with Crippen LogP contribution in [-0.2, 0) is 0 Å². The first kappa shape index (κ1) is 15.4. The molecule has 0 aliphatic carbocycles. The van der Waals surface area contributed by atoms with Gasteiger partial charge in [0.05, 0.1) is 27.7 Å². The van der Waals surface area contributed by atoms with Crippen molar-refractivity contribution in [3.05, 3.63) is 91.2 Å². The van der Waals surface area contributed by atoms with Crippen LogP contribution in [0.2, 0.25) is 0 Å². The fraction of sp³-hybridized carbons (Fsp3) is 0. The van der Waals surface area contributed by atoms with Gasteiger partial charge in [-0.3, -0.25) is 0 Å². The summed E-state index contributed by atoms with van der Waals surface area (Å²) in [7, 11) is 0. The zero-order chi connectivity index (χ0) is 18.9. The van der Waals surface area contributed by atoms with Gasteiger partial charge in [-0.1, -0.05) is 48.5 Å². The smallest absolute Gasteiger partial charge is 0.136 e. The van der Waals surface area contributed by atoms with Crippen molar-refractivity contribution in [2.24, 2.45) is 0 Å². The fourth-order valence-corrected chi connectivity index (χ4v) is 5.87. The number of furan rings is 1. The van der Waals surface area contributed by atoms with E-state index in [9.17, 15) is 0 Å². The standard InChI is InChI=1S/C26H15NOS/c1-3-9-21-16(6-1)18-12-13-23-20(14-15-28-23)25(18)27(21)22-10-5-8-19-17-7-2-4-11-24(17)29-26(19)22/h1-15H. The van der Waals surface area contributed by atoms with Gasteiger partial charge < -0.3 is 8.98 Å². The molecule has 3 heteroatoms. The summed E-state index contributed by atoms with van der Waals surface area (Å²) in [6.07, 6.45) is 1.78. The van der Waals surface area contributed by atoms with E-state index in [1.807, 2.05) is 11.3 Å². The second-order valence-electron chi connectivity index (χ2n) is 7.40. The maximum absolute atomic E-state index is 5.74. The number of thiophene rings is 1. The normalized spacial score (nSPS) is 12.1. The average molecular weight is 389 g/mol. The highest BCUT2D eigenvalue weighted by Gasteiger charge is 2.18. The molecule has 0 N–H and O–H groups in total. The second-order valence-corrected chi connectivity index (χ2v) is 8.45. The molecule has 0 amide bonds. The molecular formula is C26H15NOS. The maximum atomic E-state index is 5.74. The Morgan fingerprint density at radius 1 is 0.621 bits per heavy atom. The van der Waals surface area contributed by atoms with E-state index in [4.69, 9.17) is 4.42 Å². The Morgan fingerprint density at radius 2 is 1.45 bits per heavy atom. The lowest BCUT2D eigenvalue weighted by molar-refractivity contribution is 0.616. The lowest BCUT2D eigenvalue weighted by Gasteiger charge is -2.10. The van der Waals surface area contributed by atoms with E-state index >= 15 is 0 Å². The van der Waals surface area contributed by atoms with Crippen molar-refractivity contribution in [2.45, 2.75) is 0 Å². The number of hydrogen-bond acceptors (Lipinski definition) is 2. The third kappa shape index (κ3) is 1.95. The van der Waals surface area contributed by atoms with E-state index in [2.05, 4.69) is 89.5 Å². The highest BCUT2D eigenvalue weighted by atomic mass is 32.1. The summed E-state index contributed by atoms with van der Waals surface area (Å²) >= 11 is 1.87. The largest absolute Gasteiger partial charge is 0.464 e. The van der Waals surface area contributed by atoms with Crippen LogP contribution in [-0.4, -0.2) is 4.57 Å². The van der Waals surface area contributed by atoms with Gasteiger partial charge >= 0.3 is 0 Å². The number of aromatic nitrogens is 1. The maximum Gasteiger partial charge on any atom is 0.136 e. The van der Waals surface area contributed by atoms with Gasteiger partial charge in [0.2, 0.25) is 0 Å². The zero-order valence-corrected chi connectivity index (χ0v) is 16.2. The molecule has 0 saturated heterocycles. The van der Waals surface area contributed by atoms with E-state index in [0.717, 1.165) is 11.0 Å². The zero-order valence-electron chi connectivity index (χ0n) is 15.4. The summed E-state index contributed by atoms with van der Waals surface area (Å²) in [6.45, 7) is 0. The summed E-state index contributed by atoms with van der Waals surface area (Å²) in [5.41, 5.74) is 4.58. The van der Waals surface area contributed by atoms with Crippen molar-refractivity contribution >= 4 is 64.3 Å². The van der Waals surface area contributed by atoms with Crippen LogP contribution in [0, 0.1) is 0 Å². The quantitative estimate of drug-likeness (QED) is 0.279. The van der Waals surface area contributed by atoms with E-state index in [1.54, 1.807) is 6.26 Å². The number of fused-ring (bicyclic) bond motifs is 8. The highest BCUT2D eigenvalue weighted by molar-refractivity contribution is 7.26. The average Bonchev–Trinajstić information content (AvgIpc) is 3.46. The molecule has 0 unspecified atom stereocenters. The van der Waals surface area contributed by atoms with Crippen LogP contribution in [0.5, 0.6) is 0 Å². The molecule has 0 aliphatic rings. The molecular weight excluding hydrogens is 374 g/mol. The SMILES string of the molecule is c1ccc2c(c1)sc1c(-n3c4ccccc4c4ccc5occc5c43)cccc12. The van der Waals surface area contributed by atoms with Crippen molar-refractivity contribution in [3.8, 4) is 5.69 Å². The number of nitrogens with zero attached hydrogens (tertiary/aromatic N) is 1. The van der Waals surface area contributed by atoms with Gasteiger partial charge in [0, 0.05) is 31.6 Å². The van der Waals surface area contributed by atoms with Crippen LogP contribution in [0.3, 0.4) is 0 Å². The van der Waals surface area contributed by atoms with Gasteiger partial charge in [0.15, 0.2) is 0 Å². The Morgan fingerprint density at radius 3 is 2.41 bits per heavy atom. The highest BCUT2D eigenvalue weighted by Crippen LogP contribution is 2.42. The Balaban J connectivity index is 1.75. The van der Waals surface area contributed by atoms with E-state index in [0.29, 0.717) is 0 Å². The number of para-hydroxylation sites is 1. The molecule has 0 atom stereocenters. The minimum absolute atomic E-state index is 0.921. The molecule has 0 radical (unpaired) electrons. The molecule has 7 rings (SSSR count). The van der Waals surface area contributed by atoms with Gasteiger partial charge in [-0.2, -0.15) is 0 Å². The van der Waals surface area contributed by atoms with Crippen LogP contribution >= 0.6 is 11.3 Å². The van der Waals surface area contributed by atoms with Crippen molar-refractivity contribution in [1.29, 1.82) is 0 Å². The monoisotopic (exact) mass is 389 g/mol. The summed E-state index contributed by atoms with van der Waals surface area (Å²) < 4.78 is 10.8. The van der Waals surface area contributed by atoms with Crippen molar-refractivity contribution < 1.29 is 4.42 Å². The minimum atomic E-state index is 0.921. The lowest BCUT2D eigenvalue weighted by Crippen LogP contribution is -1.94. The topological polar surface area (TPSA) is 18.1 Å². The molecule has 0 saturated carbocycles. The molecule has 0 bridgehead atoms. The second kappa shape index (κ2) is 5.49. The van der Waals surface area contributed by atoms with Crippen molar-refractivity contribution in [1.82, 2.24) is 4.57 Å². The number of rotatable bonds is 1. The Labute approximate surface area is 170 Å². The van der Waals surface area contributed by atoms with Crippen molar-refractivity contribution in [2.75, 3.05) is 0 Å². The lowest BCUT2D eigenvalue weighted by atomic mass is 10.1. The molecule has 2 nitrogen and oxygen atoms in total. The van der Waals surface area contributed by atoms with E-state index < -0.39 is 0 Å². The van der Waals surface area contributed by atoms with Gasteiger partial charge in [0.1, 0.15) is 5.58 Å². The summed E-state index contributed by atoms with van der Waals surface area (Å²) in [5.74, 6) is 0. The van der Waals surface area contributed by atoms with Gasteiger partial charge in [-0.25, -0.2) is 0 Å². The molecule has 4 aromatic carbocycles. The third-order valence-corrected chi connectivity index (χ3v) is 7.10. The van der Waals surface area contributed by atoms with Crippen LogP contribution in [0.1, 0.15) is 0 Å². The predicted molar refractivity (Wildman–Crippen MR) is 123 cm³/mol. The van der Waals surface area contributed by atoms with Crippen LogP contribution in [0.25, 0.3) is 58.6 Å². The first-order valence-corrected chi connectivity index (χ1v) is 10.5. The summed E-state index contributed by atoms with van der Waals surface area (Å²) in [6, 6.07) is 30.3. The molecule has 0 spiro atoms. The van der Waals surface area contributed by atoms with Crippen LogP contribution in [0.15, 0.2) is 95.6 Å². The van der Waals surface area contributed by atoms with Gasteiger partial charge in [-0.05, 0) is 36.4 Å². The molecule has 29 heavy (non-hydrogen) atoms. The fourth-order valence-electron chi connectivity index (χ4n) is 4.66. The molecule has 136 valence electrons.